The molecular weight excluding hydrogens is 259 g/mol. The van der Waals surface area contributed by atoms with Crippen LogP contribution in [0.15, 0.2) is 18.2 Å². The summed E-state index contributed by atoms with van der Waals surface area (Å²) < 4.78 is 19.6. The fraction of sp³-hybridized carbons (Fsp3) is 0.533. The van der Waals surface area contributed by atoms with Gasteiger partial charge in [-0.25, -0.2) is 4.39 Å². The van der Waals surface area contributed by atoms with Gasteiger partial charge in [0.05, 0.1) is 11.6 Å². The molecule has 5 heteroatoms. The molecule has 1 amide bonds. The molecule has 0 atom stereocenters. The number of nitrogens with two attached hydrogens (primary N) is 1. The standard InChI is InChI=1S/C15H19FN2O2/c16-12-9-10(18-14(19)15(17)7-8-15)5-6-13(12)20-11-3-1-2-4-11/h5-6,9,11H,1-4,7-8,17H2,(H,18,19). The van der Waals surface area contributed by atoms with Gasteiger partial charge in [-0.2, -0.15) is 0 Å². The third-order valence-corrected chi connectivity index (χ3v) is 4.03. The Bertz CT molecular complexity index is 523. The molecular formula is C15H19FN2O2. The van der Waals surface area contributed by atoms with Crippen LogP contribution in [0.1, 0.15) is 38.5 Å². The molecule has 2 fully saturated rings. The first-order chi connectivity index (χ1) is 9.57. The average molecular weight is 278 g/mol. The lowest BCUT2D eigenvalue weighted by molar-refractivity contribution is -0.118. The number of rotatable bonds is 4. The summed E-state index contributed by atoms with van der Waals surface area (Å²) in [6.07, 6.45) is 5.72. The molecule has 2 aliphatic rings. The van der Waals surface area contributed by atoms with Gasteiger partial charge in [0, 0.05) is 11.8 Å². The topological polar surface area (TPSA) is 64.4 Å². The largest absolute Gasteiger partial charge is 0.487 e. The maximum absolute atomic E-state index is 14.0. The number of carbonyl (C=O) groups excluding carboxylic acids is 1. The van der Waals surface area contributed by atoms with Crippen LogP contribution in [0.4, 0.5) is 10.1 Å². The first-order valence-electron chi connectivity index (χ1n) is 7.13. The van der Waals surface area contributed by atoms with E-state index in [-0.39, 0.29) is 17.8 Å². The van der Waals surface area contributed by atoms with Gasteiger partial charge >= 0.3 is 0 Å². The first-order valence-corrected chi connectivity index (χ1v) is 7.13. The van der Waals surface area contributed by atoms with Gasteiger partial charge in [-0.3, -0.25) is 4.79 Å². The van der Waals surface area contributed by atoms with E-state index >= 15 is 0 Å². The number of benzene rings is 1. The molecule has 3 rings (SSSR count). The van der Waals surface area contributed by atoms with E-state index in [9.17, 15) is 9.18 Å². The zero-order valence-electron chi connectivity index (χ0n) is 11.3. The Morgan fingerprint density at radius 3 is 2.65 bits per heavy atom. The van der Waals surface area contributed by atoms with Crippen molar-refractivity contribution in [2.24, 2.45) is 5.73 Å². The highest BCUT2D eigenvalue weighted by atomic mass is 19.1. The van der Waals surface area contributed by atoms with Gasteiger partial charge in [-0.1, -0.05) is 0 Å². The minimum atomic E-state index is -0.754. The van der Waals surface area contributed by atoms with E-state index in [1.165, 1.54) is 6.07 Å². The van der Waals surface area contributed by atoms with E-state index in [0.29, 0.717) is 18.5 Å². The van der Waals surface area contributed by atoms with Crippen LogP contribution in [0.5, 0.6) is 5.75 Å². The molecule has 0 bridgehead atoms. The number of amides is 1. The summed E-state index contributed by atoms with van der Waals surface area (Å²) in [6.45, 7) is 0. The van der Waals surface area contributed by atoms with E-state index in [1.54, 1.807) is 12.1 Å². The number of carbonyl (C=O) groups is 1. The third kappa shape index (κ3) is 2.77. The highest BCUT2D eigenvalue weighted by Gasteiger charge is 2.45. The second-order valence-corrected chi connectivity index (χ2v) is 5.78. The summed E-state index contributed by atoms with van der Waals surface area (Å²) in [5, 5.41) is 2.65. The van der Waals surface area contributed by atoms with Crippen LogP contribution < -0.4 is 15.8 Å². The van der Waals surface area contributed by atoms with Crippen LogP contribution in [-0.4, -0.2) is 17.6 Å². The first kappa shape index (κ1) is 13.4. The lowest BCUT2D eigenvalue weighted by Gasteiger charge is -2.15. The zero-order chi connectivity index (χ0) is 14.2. The van der Waals surface area contributed by atoms with E-state index in [2.05, 4.69) is 5.32 Å². The van der Waals surface area contributed by atoms with Gasteiger partial charge in [-0.05, 0) is 50.7 Å². The lowest BCUT2D eigenvalue weighted by Crippen LogP contribution is -2.37. The fourth-order valence-corrected chi connectivity index (χ4v) is 2.48. The summed E-state index contributed by atoms with van der Waals surface area (Å²) in [5.74, 6) is -0.443. The summed E-state index contributed by atoms with van der Waals surface area (Å²) >= 11 is 0. The van der Waals surface area contributed by atoms with Crippen molar-refractivity contribution in [2.75, 3.05) is 5.32 Å². The maximum Gasteiger partial charge on any atom is 0.244 e. The smallest absolute Gasteiger partial charge is 0.244 e. The second-order valence-electron chi connectivity index (χ2n) is 5.78. The zero-order valence-corrected chi connectivity index (χ0v) is 11.3. The molecule has 20 heavy (non-hydrogen) atoms. The van der Waals surface area contributed by atoms with E-state index < -0.39 is 11.4 Å². The highest BCUT2D eigenvalue weighted by molar-refractivity contribution is 6.00. The van der Waals surface area contributed by atoms with Crippen molar-refractivity contribution in [1.82, 2.24) is 0 Å². The van der Waals surface area contributed by atoms with Gasteiger partial charge in [0.15, 0.2) is 11.6 Å². The molecule has 3 N–H and O–H groups in total. The Morgan fingerprint density at radius 2 is 2.05 bits per heavy atom. The van der Waals surface area contributed by atoms with Gasteiger partial charge in [0.2, 0.25) is 5.91 Å². The minimum Gasteiger partial charge on any atom is -0.487 e. The van der Waals surface area contributed by atoms with Gasteiger partial charge < -0.3 is 15.8 Å². The van der Waals surface area contributed by atoms with E-state index in [1.807, 2.05) is 0 Å². The maximum atomic E-state index is 14.0. The monoisotopic (exact) mass is 278 g/mol. The van der Waals surface area contributed by atoms with Crippen molar-refractivity contribution in [3.05, 3.63) is 24.0 Å². The molecule has 4 nitrogen and oxygen atoms in total. The summed E-state index contributed by atoms with van der Waals surface area (Å²) in [4.78, 5) is 11.8. The number of ether oxygens (including phenoxy) is 1. The van der Waals surface area contributed by atoms with Crippen LogP contribution in [0, 0.1) is 5.82 Å². The van der Waals surface area contributed by atoms with Crippen LogP contribution in [0.25, 0.3) is 0 Å². The van der Waals surface area contributed by atoms with Crippen LogP contribution >= 0.6 is 0 Å². The Morgan fingerprint density at radius 1 is 1.35 bits per heavy atom. The van der Waals surface area contributed by atoms with Crippen molar-refractivity contribution >= 4 is 11.6 Å². The number of halogens is 1. The Balaban J connectivity index is 1.65. The highest BCUT2D eigenvalue weighted by Crippen LogP contribution is 2.34. The van der Waals surface area contributed by atoms with Crippen molar-refractivity contribution in [2.45, 2.75) is 50.2 Å². The Kier molecular flexibility index (Phi) is 3.38. The molecule has 2 aliphatic carbocycles. The van der Waals surface area contributed by atoms with E-state index in [0.717, 1.165) is 25.7 Å². The molecule has 2 saturated carbocycles. The van der Waals surface area contributed by atoms with Crippen molar-refractivity contribution in [3.8, 4) is 5.75 Å². The molecule has 0 unspecified atom stereocenters. The molecule has 1 aromatic carbocycles. The van der Waals surface area contributed by atoms with Crippen molar-refractivity contribution in [1.29, 1.82) is 0 Å². The minimum absolute atomic E-state index is 0.115. The average Bonchev–Trinajstić information content (AvgIpc) is 2.97. The molecule has 0 radical (unpaired) electrons. The summed E-state index contributed by atoms with van der Waals surface area (Å²) in [6, 6.07) is 4.50. The molecule has 0 saturated heterocycles. The van der Waals surface area contributed by atoms with E-state index in [4.69, 9.17) is 10.5 Å². The third-order valence-electron chi connectivity index (χ3n) is 4.03. The predicted molar refractivity (Wildman–Crippen MR) is 74.1 cm³/mol. The molecule has 1 aromatic rings. The van der Waals surface area contributed by atoms with Crippen molar-refractivity contribution in [3.63, 3.8) is 0 Å². The molecule has 0 spiro atoms. The van der Waals surface area contributed by atoms with Gasteiger partial charge in [0.25, 0.3) is 0 Å². The van der Waals surface area contributed by atoms with Crippen molar-refractivity contribution < 1.29 is 13.9 Å². The Hall–Kier alpha value is -1.62. The molecule has 0 aliphatic heterocycles. The number of nitrogens with one attached hydrogen (secondary N) is 1. The number of hydrogen-bond acceptors (Lipinski definition) is 3. The number of anilines is 1. The van der Waals surface area contributed by atoms with Crippen LogP contribution in [-0.2, 0) is 4.79 Å². The lowest BCUT2D eigenvalue weighted by atomic mass is 10.2. The molecule has 0 aromatic heterocycles. The SMILES string of the molecule is NC1(C(=O)Nc2ccc(OC3CCCC3)c(F)c2)CC1. The number of hydrogen-bond donors (Lipinski definition) is 2. The molecule has 108 valence electrons. The summed E-state index contributed by atoms with van der Waals surface area (Å²) in [7, 11) is 0. The summed E-state index contributed by atoms with van der Waals surface area (Å²) in [5.41, 5.74) is 5.45. The second kappa shape index (κ2) is 5.05. The normalized spacial score (nSPS) is 20.7. The Labute approximate surface area is 117 Å². The fourth-order valence-electron chi connectivity index (χ4n) is 2.48. The van der Waals surface area contributed by atoms with Gasteiger partial charge in [-0.15, -0.1) is 0 Å². The molecule has 0 heterocycles. The van der Waals surface area contributed by atoms with Crippen LogP contribution in [0.2, 0.25) is 0 Å². The predicted octanol–water partition coefficient (Wildman–Crippen LogP) is 2.58. The van der Waals surface area contributed by atoms with Gasteiger partial charge in [0.1, 0.15) is 0 Å². The van der Waals surface area contributed by atoms with Crippen LogP contribution in [0.3, 0.4) is 0 Å². The quantitative estimate of drug-likeness (QED) is 0.889.